The van der Waals surface area contributed by atoms with E-state index in [1.54, 1.807) is 47.6 Å². The van der Waals surface area contributed by atoms with Gasteiger partial charge in [0.25, 0.3) is 0 Å². The quantitative estimate of drug-likeness (QED) is 0.263. The number of fused-ring (bicyclic) bond motifs is 2. The molecule has 3 aromatic heterocycles. The van der Waals surface area contributed by atoms with Gasteiger partial charge in [-0.3, -0.25) is 9.78 Å². The summed E-state index contributed by atoms with van der Waals surface area (Å²) >= 11 is 0. The Morgan fingerprint density at radius 1 is 1.20 bits per heavy atom. The zero-order valence-corrected chi connectivity index (χ0v) is 23.4. The van der Waals surface area contributed by atoms with E-state index in [-0.39, 0.29) is 17.6 Å². The van der Waals surface area contributed by atoms with Crippen molar-refractivity contribution < 1.29 is 13.4 Å². The summed E-state index contributed by atoms with van der Waals surface area (Å²) in [6, 6.07) is 9.68. The molecule has 0 N–H and O–H groups in total. The first-order valence-electron chi connectivity index (χ1n) is 13.1. The molecule has 40 heavy (non-hydrogen) atoms. The molecule has 6 rings (SSSR count). The van der Waals surface area contributed by atoms with Gasteiger partial charge >= 0.3 is 0 Å². The van der Waals surface area contributed by atoms with E-state index in [1.165, 1.54) is 23.1 Å². The third-order valence-electron chi connectivity index (χ3n) is 8.17. The van der Waals surface area contributed by atoms with E-state index in [0.717, 1.165) is 28.1 Å². The number of nitrogens with zero attached hydrogens (tertiary/aromatic N) is 7. The van der Waals surface area contributed by atoms with E-state index < -0.39 is 15.1 Å². The van der Waals surface area contributed by atoms with Crippen molar-refractivity contribution in [3.8, 4) is 5.69 Å². The molecule has 3 heterocycles. The molecule has 0 radical (unpaired) electrons. The fourth-order valence-corrected chi connectivity index (χ4v) is 7.36. The highest BCUT2D eigenvalue weighted by Gasteiger charge is 2.50. The number of hydrogen-bond acceptors (Lipinski definition) is 6. The van der Waals surface area contributed by atoms with Gasteiger partial charge in [0.2, 0.25) is 0 Å². The predicted molar refractivity (Wildman–Crippen MR) is 151 cm³/mol. The summed E-state index contributed by atoms with van der Waals surface area (Å²) in [4.78, 5) is 20.2. The van der Waals surface area contributed by atoms with Crippen molar-refractivity contribution in [1.82, 2.24) is 34.1 Å². The van der Waals surface area contributed by atoms with E-state index in [0.29, 0.717) is 36.4 Å². The Labute approximate surface area is 232 Å². The predicted octanol–water partition coefficient (Wildman–Crippen LogP) is 3.83. The van der Waals surface area contributed by atoms with Crippen molar-refractivity contribution in [1.29, 1.82) is 0 Å². The van der Waals surface area contributed by atoms with Crippen molar-refractivity contribution in [2.75, 3.05) is 7.05 Å². The molecule has 0 amide bonds. The molecular formula is C29H30FN7O2S. The summed E-state index contributed by atoms with van der Waals surface area (Å²) in [5.74, 6) is 3.66. The van der Waals surface area contributed by atoms with Crippen LogP contribution >= 0.6 is 0 Å². The highest BCUT2D eigenvalue weighted by molar-refractivity contribution is 7.98. The van der Waals surface area contributed by atoms with Crippen LogP contribution in [-0.4, -0.2) is 63.0 Å². The molecular weight excluding hydrogens is 529 g/mol. The van der Waals surface area contributed by atoms with Gasteiger partial charge in [-0.1, -0.05) is 5.57 Å². The van der Waals surface area contributed by atoms with Crippen LogP contribution in [0.15, 0.2) is 65.6 Å². The zero-order valence-electron chi connectivity index (χ0n) is 22.6. The number of pyridine rings is 1. The van der Waals surface area contributed by atoms with Gasteiger partial charge < -0.3 is 0 Å². The summed E-state index contributed by atoms with van der Waals surface area (Å²) in [5.41, 5.74) is 4.02. The number of aromatic nitrogens is 6. The first kappa shape index (κ1) is 26.3. The Kier molecular flexibility index (Phi) is 6.30. The second-order valence-corrected chi connectivity index (χ2v) is 12.9. The molecule has 206 valence electrons. The van der Waals surface area contributed by atoms with Crippen LogP contribution in [0.5, 0.6) is 0 Å². The van der Waals surface area contributed by atoms with Gasteiger partial charge in [0.1, 0.15) is 11.5 Å². The first-order valence-corrected chi connectivity index (χ1v) is 14.7. The minimum absolute atomic E-state index is 0.0594. The molecule has 11 heteroatoms. The molecule has 4 aromatic rings. The standard InChI is InChI=1S/C29H30FN7O2S/c1-19-11-12-31-25(13-19)28(38)29-15-20-17-33-37(23-9-6-22(30)7-10-23)26(20)14-21(29)5-8-24(16-29)35(2)40(4,39)27-18-32-36(3)34-27/h6-7,9-14,17-18,24H,4-5,8,15-16H2,1-3H3/t24-,29-,40?/m0/s1. The number of carbonyl (C=O) groups excluding carboxylic acids is 1. The van der Waals surface area contributed by atoms with E-state index in [1.807, 2.05) is 19.1 Å². The Bertz CT molecular complexity index is 1760. The lowest BCUT2D eigenvalue weighted by Crippen LogP contribution is -2.49. The fourth-order valence-electron chi connectivity index (χ4n) is 5.95. The number of carbonyl (C=O) groups is 1. The zero-order chi connectivity index (χ0) is 28.2. The molecule has 3 atom stereocenters. The summed E-state index contributed by atoms with van der Waals surface area (Å²) in [6.45, 7) is 1.94. The Morgan fingerprint density at radius 2 is 1.98 bits per heavy atom. The van der Waals surface area contributed by atoms with Gasteiger partial charge in [-0.2, -0.15) is 15.0 Å². The van der Waals surface area contributed by atoms with Crippen LogP contribution in [0.2, 0.25) is 0 Å². The van der Waals surface area contributed by atoms with Gasteiger partial charge in [-0.05, 0) is 99.1 Å². The number of hydrogen-bond donors (Lipinski definition) is 0. The van der Waals surface area contributed by atoms with Crippen LogP contribution in [-0.2, 0) is 23.2 Å². The van der Waals surface area contributed by atoms with Gasteiger partial charge in [-0.15, -0.1) is 5.10 Å². The maximum absolute atomic E-state index is 14.4. The number of benzene rings is 1. The molecule has 2 aliphatic carbocycles. The minimum atomic E-state index is -2.93. The SMILES string of the molecule is C=S(=O)(c1cnn(C)n1)N(C)[C@H]1CCC2=Cc3c(cnn3-c3ccc(F)cc3)C[C@]2(C(=O)c2cc(C)ccn2)C1. The number of aryl methyl sites for hydroxylation is 2. The van der Waals surface area contributed by atoms with Gasteiger partial charge in [0, 0.05) is 19.3 Å². The van der Waals surface area contributed by atoms with E-state index in [9.17, 15) is 13.4 Å². The molecule has 2 aliphatic rings. The van der Waals surface area contributed by atoms with Crippen molar-refractivity contribution in [2.24, 2.45) is 12.5 Å². The minimum Gasteiger partial charge on any atom is -0.291 e. The number of ketones is 1. The van der Waals surface area contributed by atoms with Crippen molar-refractivity contribution in [3.63, 3.8) is 0 Å². The molecule has 1 aromatic carbocycles. The first-order chi connectivity index (χ1) is 19.1. The number of halogens is 1. The molecule has 0 saturated heterocycles. The molecule has 9 nitrogen and oxygen atoms in total. The summed E-state index contributed by atoms with van der Waals surface area (Å²) < 4.78 is 31.0. The monoisotopic (exact) mass is 559 g/mol. The lowest BCUT2D eigenvalue weighted by atomic mass is 9.60. The lowest BCUT2D eigenvalue weighted by molar-refractivity contribution is 0.0749. The van der Waals surface area contributed by atoms with Gasteiger partial charge in [0.05, 0.1) is 38.9 Å². The molecule has 1 unspecified atom stereocenters. The fraction of sp³-hybridized carbons (Fsp3) is 0.310. The lowest BCUT2D eigenvalue weighted by Gasteiger charge is -2.46. The molecule has 1 fully saturated rings. The average molecular weight is 560 g/mol. The molecule has 0 aliphatic heterocycles. The third kappa shape index (κ3) is 4.29. The van der Waals surface area contributed by atoms with E-state index in [2.05, 4.69) is 32.2 Å². The largest absolute Gasteiger partial charge is 0.291 e. The summed E-state index contributed by atoms with van der Waals surface area (Å²) in [7, 11) is 0.527. The van der Waals surface area contributed by atoms with Crippen molar-refractivity contribution >= 4 is 27.4 Å². The summed E-state index contributed by atoms with van der Waals surface area (Å²) in [6.07, 6.45) is 9.16. The third-order valence-corrected chi connectivity index (χ3v) is 10.2. The molecule has 0 bridgehead atoms. The topological polar surface area (TPSA) is 98.8 Å². The molecule has 0 spiro atoms. The smallest absolute Gasteiger partial charge is 0.191 e. The van der Waals surface area contributed by atoms with Crippen LogP contribution in [0.4, 0.5) is 4.39 Å². The van der Waals surface area contributed by atoms with Crippen LogP contribution in [0.3, 0.4) is 0 Å². The Hall–Kier alpha value is -3.96. The normalized spacial score (nSPS) is 21.8. The number of allylic oxidation sites excluding steroid dienone is 1. The van der Waals surface area contributed by atoms with Crippen LogP contribution < -0.4 is 0 Å². The molecule has 1 saturated carbocycles. The van der Waals surface area contributed by atoms with Crippen LogP contribution in [0, 0.1) is 18.2 Å². The van der Waals surface area contributed by atoms with Crippen LogP contribution in [0.25, 0.3) is 11.8 Å². The highest BCUT2D eigenvalue weighted by atomic mass is 32.2. The maximum atomic E-state index is 14.4. The van der Waals surface area contributed by atoms with Gasteiger partial charge in [-0.25, -0.2) is 17.6 Å². The number of rotatable bonds is 6. The highest BCUT2D eigenvalue weighted by Crippen LogP contribution is 2.51. The van der Waals surface area contributed by atoms with Crippen molar-refractivity contribution in [2.45, 2.75) is 43.7 Å². The Morgan fingerprint density at radius 3 is 2.67 bits per heavy atom. The maximum Gasteiger partial charge on any atom is 0.191 e. The van der Waals surface area contributed by atoms with E-state index >= 15 is 0 Å². The Balaban J connectivity index is 1.43. The second kappa shape index (κ2) is 9.60. The van der Waals surface area contributed by atoms with E-state index in [4.69, 9.17) is 0 Å². The second-order valence-electron chi connectivity index (χ2n) is 10.7. The van der Waals surface area contributed by atoms with Crippen LogP contribution in [0.1, 0.15) is 46.6 Å². The van der Waals surface area contributed by atoms with Gasteiger partial charge in [0.15, 0.2) is 10.8 Å². The number of Topliss-reactive ketones (excluding diaryl/α,β-unsaturated/α-hetero) is 1. The summed E-state index contributed by atoms with van der Waals surface area (Å²) in [5, 5.41) is 13.3. The van der Waals surface area contributed by atoms with Crippen molar-refractivity contribution in [3.05, 3.63) is 88.9 Å². The average Bonchev–Trinajstić information content (AvgIpc) is 3.57.